The Hall–Kier alpha value is -3.73. The van der Waals surface area contributed by atoms with Gasteiger partial charge in [0, 0.05) is 11.9 Å². The fourth-order valence-corrected chi connectivity index (χ4v) is 3.62. The minimum Gasteiger partial charge on any atom is -0.340 e. The van der Waals surface area contributed by atoms with Gasteiger partial charge in [0.1, 0.15) is 0 Å². The fraction of sp³-hybridized carbons (Fsp3) is 0.160. The van der Waals surface area contributed by atoms with Gasteiger partial charge in [-0.15, -0.1) is 0 Å². The number of hydrogen-bond acceptors (Lipinski definition) is 3. The van der Waals surface area contributed by atoms with E-state index in [1.807, 2.05) is 73.7 Å². The molecular weight excluding hydrogens is 374 g/mol. The average molecular weight is 397 g/mol. The molecule has 0 bridgehead atoms. The van der Waals surface area contributed by atoms with E-state index in [2.05, 4.69) is 10.4 Å². The normalized spacial score (nSPS) is 11.0. The summed E-state index contributed by atoms with van der Waals surface area (Å²) >= 11 is 0. The van der Waals surface area contributed by atoms with Crippen LogP contribution in [0.25, 0.3) is 10.8 Å². The summed E-state index contributed by atoms with van der Waals surface area (Å²) in [6, 6.07) is 26.5. The Morgan fingerprint density at radius 1 is 0.867 bits per heavy atom. The number of carbonyl (C=O) groups excluding carboxylic acids is 1. The molecule has 0 aliphatic carbocycles. The van der Waals surface area contributed by atoms with Crippen molar-refractivity contribution in [2.24, 2.45) is 0 Å². The highest BCUT2D eigenvalue weighted by molar-refractivity contribution is 6.05. The van der Waals surface area contributed by atoms with Gasteiger partial charge in [-0.3, -0.25) is 9.59 Å². The van der Waals surface area contributed by atoms with Crippen molar-refractivity contribution in [1.29, 1.82) is 0 Å². The van der Waals surface area contributed by atoms with Crippen molar-refractivity contribution < 1.29 is 4.79 Å². The van der Waals surface area contributed by atoms with Crippen LogP contribution in [0, 0.1) is 0 Å². The third-order valence-corrected chi connectivity index (χ3v) is 5.06. The highest BCUT2D eigenvalue weighted by atomic mass is 16.2. The summed E-state index contributed by atoms with van der Waals surface area (Å²) in [5.41, 5.74) is 2.04. The third kappa shape index (κ3) is 3.87. The van der Waals surface area contributed by atoms with E-state index in [0.717, 1.165) is 17.5 Å². The number of carbonyl (C=O) groups is 1. The topological polar surface area (TPSA) is 64.0 Å². The molecule has 0 atom stereocenters. The van der Waals surface area contributed by atoms with Gasteiger partial charge in [-0.05, 0) is 23.6 Å². The molecule has 0 saturated carbocycles. The molecule has 4 rings (SSSR count). The standard InChI is InChI=1S/C25H23N3O2/c1-2-17-28-25(30)21-16-10-9-15-20(21)23(27-28)24(29)26-22(18-11-5-3-6-12-18)19-13-7-4-8-14-19/h3-16,22H,2,17H2,1H3,(H,26,29). The predicted molar refractivity (Wildman–Crippen MR) is 118 cm³/mol. The zero-order chi connectivity index (χ0) is 20.9. The van der Waals surface area contributed by atoms with Gasteiger partial charge < -0.3 is 5.32 Å². The van der Waals surface area contributed by atoms with Crippen LogP contribution in [0.4, 0.5) is 0 Å². The fourth-order valence-electron chi connectivity index (χ4n) is 3.62. The van der Waals surface area contributed by atoms with Gasteiger partial charge in [-0.1, -0.05) is 85.8 Å². The molecule has 5 nitrogen and oxygen atoms in total. The molecule has 5 heteroatoms. The van der Waals surface area contributed by atoms with Gasteiger partial charge in [0.25, 0.3) is 11.5 Å². The van der Waals surface area contributed by atoms with Crippen molar-refractivity contribution in [2.45, 2.75) is 25.9 Å². The lowest BCUT2D eigenvalue weighted by molar-refractivity contribution is 0.0937. The maximum Gasteiger partial charge on any atom is 0.274 e. The molecular formula is C25H23N3O2. The Labute approximate surface area is 175 Å². The molecule has 30 heavy (non-hydrogen) atoms. The zero-order valence-electron chi connectivity index (χ0n) is 16.8. The van der Waals surface area contributed by atoms with Crippen LogP contribution in [0.3, 0.4) is 0 Å². The largest absolute Gasteiger partial charge is 0.340 e. The van der Waals surface area contributed by atoms with Crippen molar-refractivity contribution in [1.82, 2.24) is 15.1 Å². The summed E-state index contributed by atoms with van der Waals surface area (Å²) in [5, 5.41) is 8.62. The molecule has 0 saturated heterocycles. The second-order valence-corrected chi connectivity index (χ2v) is 7.15. The number of hydrogen-bond donors (Lipinski definition) is 1. The molecule has 4 aromatic rings. The van der Waals surface area contributed by atoms with Crippen LogP contribution in [0.1, 0.15) is 41.0 Å². The van der Waals surface area contributed by atoms with Crippen molar-refractivity contribution in [3.63, 3.8) is 0 Å². The Kier molecular flexibility index (Phi) is 5.70. The molecule has 0 radical (unpaired) electrons. The van der Waals surface area contributed by atoms with E-state index in [1.165, 1.54) is 4.68 Å². The van der Waals surface area contributed by atoms with E-state index in [9.17, 15) is 9.59 Å². The Morgan fingerprint density at radius 3 is 1.97 bits per heavy atom. The first-order valence-electron chi connectivity index (χ1n) is 10.1. The van der Waals surface area contributed by atoms with Crippen molar-refractivity contribution in [3.8, 4) is 0 Å². The number of fused-ring (bicyclic) bond motifs is 1. The lowest BCUT2D eigenvalue weighted by Gasteiger charge is -2.20. The van der Waals surface area contributed by atoms with Crippen LogP contribution in [-0.2, 0) is 6.54 Å². The highest BCUT2D eigenvalue weighted by Crippen LogP contribution is 2.23. The predicted octanol–water partition coefficient (Wildman–Crippen LogP) is 4.33. The van der Waals surface area contributed by atoms with Crippen molar-refractivity contribution in [2.75, 3.05) is 0 Å². The smallest absolute Gasteiger partial charge is 0.274 e. The van der Waals surface area contributed by atoms with Gasteiger partial charge in [0.2, 0.25) is 0 Å². The molecule has 0 spiro atoms. The van der Waals surface area contributed by atoms with Gasteiger partial charge in [0.15, 0.2) is 5.69 Å². The minimum atomic E-state index is -0.327. The Balaban J connectivity index is 1.79. The second-order valence-electron chi connectivity index (χ2n) is 7.15. The molecule has 150 valence electrons. The molecule has 0 aliphatic heterocycles. The SMILES string of the molecule is CCCn1nc(C(=O)NC(c2ccccc2)c2ccccc2)c2ccccc2c1=O. The lowest BCUT2D eigenvalue weighted by atomic mass is 9.98. The lowest BCUT2D eigenvalue weighted by Crippen LogP contribution is -2.33. The molecule has 1 N–H and O–H groups in total. The minimum absolute atomic E-state index is 0.174. The van der Waals surface area contributed by atoms with E-state index >= 15 is 0 Å². The number of benzene rings is 3. The molecule has 1 amide bonds. The summed E-state index contributed by atoms with van der Waals surface area (Å²) in [6.45, 7) is 2.44. The van der Waals surface area contributed by atoms with E-state index < -0.39 is 0 Å². The van der Waals surface area contributed by atoms with Crippen LogP contribution in [0.2, 0.25) is 0 Å². The second kappa shape index (κ2) is 8.74. The van der Waals surface area contributed by atoms with Gasteiger partial charge in [-0.25, -0.2) is 4.68 Å². The van der Waals surface area contributed by atoms with Gasteiger partial charge >= 0.3 is 0 Å². The Bertz CT molecular complexity index is 1180. The van der Waals surface area contributed by atoms with Gasteiger partial charge in [0.05, 0.1) is 11.4 Å². The third-order valence-electron chi connectivity index (χ3n) is 5.06. The molecule has 0 aliphatic rings. The molecule has 0 unspecified atom stereocenters. The van der Waals surface area contributed by atoms with Crippen LogP contribution in [0.15, 0.2) is 89.7 Å². The highest BCUT2D eigenvalue weighted by Gasteiger charge is 2.21. The van der Waals surface area contributed by atoms with Crippen molar-refractivity contribution in [3.05, 3.63) is 112 Å². The first-order valence-corrected chi connectivity index (χ1v) is 10.1. The van der Waals surface area contributed by atoms with Crippen LogP contribution >= 0.6 is 0 Å². The van der Waals surface area contributed by atoms with E-state index in [-0.39, 0.29) is 23.2 Å². The quantitative estimate of drug-likeness (QED) is 0.527. The number of aryl methyl sites for hydroxylation is 1. The molecule has 3 aromatic carbocycles. The summed E-state index contributed by atoms with van der Waals surface area (Å²) in [5.74, 6) is -0.311. The summed E-state index contributed by atoms with van der Waals surface area (Å²) in [6.07, 6.45) is 0.753. The monoisotopic (exact) mass is 397 g/mol. The first kappa shape index (κ1) is 19.6. The van der Waals surface area contributed by atoms with Crippen molar-refractivity contribution >= 4 is 16.7 Å². The summed E-state index contributed by atoms with van der Waals surface area (Å²) < 4.78 is 1.39. The van der Waals surface area contributed by atoms with Crippen LogP contribution < -0.4 is 10.9 Å². The molecule has 0 fully saturated rings. The summed E-state index contributed by atoms with van der Waals surface area (Å²) in [4.78, 5) is 26.1. The first-order chi connectivity index (χ1) is 14.7. The zero-order valence-corrected chi connectivity index (χ0v) is 16.8. The maximum absolute atomic E-state index is 13.4. The number of amides is 1. The summed E-state index contributed by atoms with van der Waals surface area (Å²) in [7, 11) is 0. The number of nitrogens with one attached hydrogen (secondary N) is 1. The average Bonchev–Trinajstić information content (AvgIpc) is 2.80. The molecule has 1 aromatic heterocycles. The molecule has 1 heterocycles. The van der Waals surface area contributed by atoms with Gasteiger partial charge in [-0.2, -0.15) is 5.10 Å². The van der Waals surface area contributed by atoms with E-state index in [4.69, 9.17) is 0 Å². The number of rotatable bonds is 6. The van der Waals surface area contributed by atoms with Crippen LogP contribution in [-0.4, -0.2) is 15.7 Å². The van der Waals surface area contributed by atoms with E-state index in [1.54, 1.807) is 18.2 Å². The number of aromatic nitrogens is 2. The van der Waals surface area contributed by atoms with E-state index in [0.29, 0.717) is 17.3 Å². The number of nitrogens with zero attached hydrogens (tertiary/aromatic N) is 2. The van der Waals surface area contributed by atoms with Crippen LogP contribution in [0.5, 0.6) is 0 Å². The Morgan fingerprint density at radius 2 is 1.40 bits per heavy atom. The maximum atomic E-state index is 13.4.